The lowest BCUT2D eigenvalue weighted by atomic mass is 9.92. The molecule has 1 aliphatic heterocycles. The number of aliphatic carboxylic acids is 1. The van der Waals surface area contributed by atoms with Crippen LogP contribution in [0.3, 0.4) is 0 Å². The third kappa shape index (κ3) is 8.03. The summed E-state index contributed by atoms with van der Waals surface area (Å²) in [7, 11) is 1.63. The zero-order valence-corrected chi connectivity index (χ0v) is 26.1. The van der Waals surface area contributed by atoms with Crippen LogP contribution < -0.4 is 19.3 Å². The Morgan fingerprint density at radius 1 is 1.05 bits per heavy atom. The number of anilines is 2. The van der Waals surface area contributed by atoms with Crippen LogP contribution in [0, 0.1) is 17.3 Å². The fraction of sp³-hybridized carbons (Fsp3) is 0.500. The van der Waals surface area contributed by atoms with Crippen molar-refractivity contribution >= 4 is 23.4 Å². The van der Waals surface area contributed by atoms with Crippen LogP contribution in [0.25, 0.3) is 0 Å². The van der Waals surface area contributed by atoms with Gasteiger partial charge in [0.15, 0.2) is 5.82 Å². The van der Waals surface area contributed by atoms with Gasteiger partial charge in [0.05, 0.1) is 37.6 Å². The predicted octanol–water partition coefficient (Wildman–Crippen LogP) is 5.84. The predicted molar refractivity (Wildman–Crippen MR) is 169 cm³/mol. The Labute approximate surface area is 259 Å². The summed E-state index contributed by atoms with van der Waals surface area (Å²) < 4.78 is 11.7. The van der Waals surface area contributed by atoms with Gasteiger partial charge >= 0.3 is 5.97 Å². The van der Waals surface area contributed by atoms with Gasteiger partial charge in [-0.05, 0) is 72.6 Å². The SMILES string of the molecule is COc1ccc(C(=O)N(CC(C)(C)C)c2cnccn2)c(N2CCC(COc3cc(C(CC(=O)O)C4CC4)ccn3)CC2)c1. The molecule has 1 aliphatic carbocycles. The third-order valence-electron chi connectivity index (χ3n) is 8.33. The minimum Gasteiger partial charge on any atom is -0.497 e. The molecule has 3 heterocycles. The molecule has 1 N–H and O–H groups in total. The van der Waals surface area contributed by atoms with Gasteiger partial charge in [-0.15, -0.1) is 0 Å². The molecule has 1 saturated carbocycles. The Morgan fingerprint density at radius 3 is 2.45 bits per heavy atom. The highest BCUT2D eigenvalue weighted by molar-refractivity contribution is 6.09. The molecule has 1 unspecified atom stereocenters. The number of methoxy groups -OCH3 is 1. The Kier molecular flexibility index (Phi) is 9.66. The zero-order chi connectivity index (χ0) is 31.3. The molecule has 0 radical (unpaired) electrons. The molecule has 1 saturated heterocycles. The zero-order valence-electron chi connectivity index (χ0n) is 26.1. The van der Waals surface area contributed by atoms with Crippen molar-refractivity contribution in [2.75, 3.05) is 43.2 Å². The first-order valence-electron chi connectivity index (χ1n) is 15.4. The topological polar surface area (TPSA) is 118 Å². The first kappa shape index (κ1) is 31.2. The average molecular weight is 602 g/mol. The monoisotopic (exact) mass is 601 g/mol. The number of hydrogen-bond donors (Lipinski definition) is 1. The third-order valence-corrected chi connectivity index (χ3v) is 8.33. The van der Waals surface area contributed by atoms with Crippen molar-refractivity contribution in [3.05, 3.63) is 66.2 Å². The van der Waals surface area contributed by atoms with Gasteiger partial charge in [0.25, 0.3) is 5.91 Å². The standard InChI is InChI=1S/C34H43N5O5/c1-34(2,3)22-39(30-20-35-13-14-36-30)33(42)27-8-7-26(43-4)18-29(27)38-15-10-23(11-16-38)21-44-31-17-25(9-12-37-31)28(19-32(40)41)24-5-6-24/h7-9,12-14,17-18,20,23-24,28H,5-6,10-11,15-16,19,21-22H2,1-4H3,(H,40,41). The summed E-state index contributed by atoms with van der Waals surface area (Å²) in [6.07, 6.45) is 10.6. The van der Waals surface area contributed by atoms with E-state index in [4.69, 9.17) is 9.47 Å². The number of piperidine rings is 1. The van der Waals surface area contributed by atoms with Crippen molar-refractivity contribution < 1.29 is 24.2 Å². The van der Waals surface area contributed by atoms with Crippen molar-refractivity contribution in [3.63, 3.8) is 0 Å². The minimum atomic E-state index is -0.774. The minimum absolute atomic E-state index is 0.00844. The molecule has 1 amide bonds. The van der Waals surface area contributed by atoms with Crippen LogP contribution in [-0.2, 0) is 4.79 Å². The average Bonchev–Trinajstić information content (AvgIpc) is 3.87. The summed E-state index contributed by atoms with van der Waals surface area (Å²) in [4.78, 5) is 42.6. The number of carbonyl (C=O) groups is 2. The van der Waals surface area contributed by atoms with Crippen LogP contribution in [0.1, 0.15) is 74.7 Å². The Hall–Kier alpha value is -4.21. The number of carboxylic acid groups (broad SMARTS) is 1. The fourth-order valence-electron chi connectivity index (χ4n) is 5.91. The number of aromatic nitrogens is 3. The molecular weight excluding hydrogens is 558 g/mol. The summed E-state index contributed by atoms with van der Waals surface area (Å²) in [5.74, 6) is 1.64. The van der Waals surface area contributed by atoms with Gasteiger partial charge < -0.3 is 19.5 Å². The molecule has 0 spiro atoms. The van der Waals surface area contributed by atoms with Gasteiger partial charge in [-0.3, -0.25) is 19.5 Å². The summed E-state index contributed by atoms with van der Waals surface area (Å²) in [5.41, 5.74) is 2.28. The van der Waals surface area contributed by atoms with E-state index in [9.17, 15) is 14.7 Å². The molecular formula is C34H43N5O5. The van der Waals surface area contributed by atoms with Gasteiger partial charge in [-0.1, -0.05) is 20.8 Å². The quantitative estimate of drug-likeness (QED) is 0.273. The molecule has 3 aromatic rings. The molecule has 234 valence electrons. The number of nitrogens with zero attached hydrogens (tertiary/aromatic N) is 5. The van der Waals surface area contributed by atoms with E-state index in [0.29, 0.717) is 48.0 Å². The Bertz CT molecular complexity index is 1430. The lowest BCUT2D eigenvalue weighted by Crippen LogP contribution is -2.41. The van der Waals surface area contributed by atoms with E-state index < -0.39 is 5.97 Å². The van der Waals surface area contributed by atoms with E-state index in [2.05, 4.69) is 40.6 Å². The second-order valence-electron chi connectivity index (χ2n) is 13.1. The number of carbonyl (C=O) groups excluding carboxylic acids is 1. The smallest absolute Gasteiger partial charge is 0.303 e. The number of amides is 1. The maximum absolute atomic E-state index is 14.1. The number of pyridine rings is 1. The molecule has 1 atom stereocenters. The van der Waals surface area contributed by atoms with Crippen molar-refractivity contribution in [1.82, 2.24) is 15.0 Å². The van der Waals surface area contributed by atoms with Crippen molar-refractivity contribution in [2.45, 2.75) is 58.8 Å². The van der Waals surface area contributed by atoms with Crippen molar-refractivity contribution in [3.8, 4) is 11.6 Å². The van der Waals surface area contributed by atoms with Gasteiger partial charge in [-0.2, -0.15) is 0 Å². The van der Waals surface area contributed by atoms with Crippen molar-refractivity contribution in [2.24, 2.45) is 17.3 Å². The van der Waals surface area contributed by atoms with Crippen molar-refractivity contribution in [1.29, 1.82) is 0 Å². The highest BCUT2D eigenvalue weighted by Gasteiger charge is 2.34. The maximum Gasteiger partial charge on any atom is 0.303 e. The van der Waals surface area contributed by atoms with E-state index in [1.54, 1.807) is 36.8 Å². The summed E-state index contributed by atoms with van der Waals surface area (Å²) in [6, 6.07) is 9.44. The van der Waals surface area contributed by atoms with E-state index in [0.717, 1.165) is 50.0 Å². The molecule has 0 bridgehead atoms. The number of ether oxygens (including phenoxy) is 2. The molecule has 10 nitrogen and oxygen atoms in total. The van der Waals surface area contributed by atoms with Crippen LogP contribution in [0.4, 0.5) is 11.5 Å². The van der Waals surface area contributed by atoms with Crippen LogP contribution in [0.2, 0.25) is 0 Å². The first-order valence-corrected chi connectivity index (χ1v) is 15.4. The summed E-state index contributed by atoms with van der Waals surface area (Å²) >= 11 is 0. The van der Waals surface area contributed by atoms with E-state index >= 15 is 0 Å². The number of rotatable bonds is 12. The molecule has 2 aliphatic rings. The Balaban J connectivity index is 1.26. The van der Waals surface area contributed by atoms with E-state index in [-0.39, 0.29) is 23.7 Å². The molecule has 2 aromatic heterocycles. The second kappa shape index (κ2) is 13.6. The number of carboxylic acids is 1. The highest BCUT2D eigenvalue weighted by Crippen LogP contribution is 2.45. The molecule has 1 aromatic carbocycles. The molecule has 2 fully saturated rings. The van der Waals surface area contributed by atoms with Crippen LogP contribution >= 0.6 is 0 Å². The van der Waals surface area contributed by atoms with Crippen LogP contribution in [0.5, 0.6) is 11.6 Å². The van der Waals surface area contributed by atoms with Gasteiger partial charge in [0.1, 0.15) is 5.75 Å². The van der Waals surface area contributed by atoms with Crippen LogP contribution in [-0.4, -0.2) is 65.3 Å². The number of benzene rings is 1. The normalized spacial score (nSPS) is 16.3. The number of hydrogen-bond acceptors (Lipinski definition) is 8. The summed E-state index contributed by atoms with van der Waals surface area (Å²) in [5, 5.41) is 9.39. The largest absolute Gasteiger partial charge is 0.497 e. The second-order valence-corrected chi connectivity index (χ2v) is 13.1. The van der Waals surface area contributed by atoms with Gasteiger partial charge in [0.2, 0.25) is 5.88 Å². The molecule has 10 heteroatoms. The summed E-state index contributed by atoms with van der Waals surface area (Å²) in [6.45, 7) is 8.84. The van der Waals surface area contributed by atoms with E-state index in [1.165, 1.54) is 0 Å². The lowest BCUT2D eigenvalue weighted by molar-refractivity contribution is -0.137. The highest BCUT2D eigenvalue weighted by atomic mass is 16.5. The maximum atomic E-state index is 14.1. The molecule has 44 heavy (non-hydrogen) atoms. The van der Waals surface area contributed by atoms with Gasteiger partial charge in [-0.25, -0.2) is 9.97 Å². The Morgan fingerprint density at radius 2 is 1.82 bits per heavy atom. The van der Waals surface area contributed by atoms with Crippen LogP contribution in [0.15, 0.2) is 55.1 Å². The van der Waals surface area contributed by atoms with Gasteiger partial charge in [0, 0.05) is 50.4 Å². The van der Waals surface area contributed by atoms with E-state index in [1.807, 2.05) is 30.3 Å². The lowest BCUT2D eigenvalue weighted by Gasteiger charge is -2.35. The fourth-order valence-corrected chi connectivity index (χ4v) is 5.91. The first-order chi connectivity index (χ1) is 21.1. The molecule has 5 rings (SSSR count).